The number of allylic oxidation sites excluding steroid dienone is 1. The van der Waals surface area contributed by atoms with Crippen LogP contribution in [0.2, 0.25) is 0 Å². The van der Waals surface area contributed by atoms with E-state index in [0.29, 0.717) is 31.0 Å². The summed E-state index contributed by atoms with van der Waals surface area (Å²) < 4.78 is 11.7. The second-order valence-corrected chi connectivity index (χ2v) is 5.63. The van der Waals surface area contributed by atoms with Crippen molar-refractivity contribution in [3.05, 3.63) is 48.2 Å². The van der Waals surface area contributed by atoms with Crippen molar-refractivity contribution < 1.29 is 9.47 Å². The number of ether oxygens (including phenoxy) is 2. The van der Waals surface area contributed by atoms with Gasteiger partial charge < -0.3 is 9.47 Å². The molecular weight excluding hydrogens is 248 g/mol. The molecule has 2 rings (SSSR count). The first-order valence-electron chi connectivity index (χ1n) is 7.06. The lowest BCUT2D eigenvalue weighted by Gasteiger charge is -2.40. The smallest absolute Gasteiger partial charge is 0.124 e. The van der Waals surface area contributed by atoms with Crippen molar-refractivity contribution in [3.63, 3.8) is 0 Å². The minimum absolute atomic E-state index is 0. The van der Waals surface area contributed by atoms with E-state index in [1.54, 1.807) is 0 Å². The third-order valence-electron chi connectivity index (χ3n) is 4.41. The Kier molecular flexibility index (Phi) is 6.28. The predicted octanol–water partition coefficient (Wildman–Crippen LogP) is 4.66. The van der Waals surface area contributed by atoms with Gasteiger partial charge in [-0.15, -0.1) is 0 Å². The summed E-state index contributed by atoms with van der Waals surface area (Å²) in [4.78, 5) is 0. The first kappa shape index (κ1) is 16.8. The molecule has 0 N–H and O–H groups in total. The van der Waals surface area contributed by atoms with Crippen LogP contribution < -0.4 is 0 Å². The minimum atomic E-state index is 0. The highest BCUT2D eigenvalue weighted by Gasteiger charge is 2.35. The molecule has 20 heavy (non-hydrogen) atoms. The van der Waals surface area contributed by atoms with Crippen LogP contribution in [0.5, 0.6) is 0 Å². The molecule has 0 saturated carbocycles. The maximum Gasteiger partial charge on any atom is 0.124 e. The minimum Gasteiger partial charge on any atom is -0.492 e. The Bertz CT molecular complexity index is 413. The summed E-state index contributed by atoms with van der Waals surface area (Å²) in [5.74, 6) is 2.42. The highest BCUT2D eigenvalue weighted by atomic mass is 16.5. The largest absolute Gasteiger partial charge is 0.492 e. The number of benzene rings is 1. The molecule has 1 fully saturated rings. The van der Waals surface area contributed by atoms with Crippen LogP contribution in [0.15, 0.2) is 42.7 Å². The lowest BCUT2D eigenvalue weighted by molar-refractivity contribution is -0.0723. The standard InChI is InChI=1S/C17H24O2.CH4/c1-12-13(2)15(4)19-17(14(12)3)11-18-10-16-8-6-5-7-9-16;/h5-9,12-14,17H,4,10-11H2,1-3H3;1H4/t12-,13?,14+,17?;/m1./s1. The molecule has 4 atom stereocenters. The SMILES string of the molecule is C.C=C1OC(COCc2ccccc2)[C@@H](C)[C@H](C)C1C. The molecule has 1 aromatic rings. The molecule has 112 valence electrons. The molecule has 0 amide bonds. The summed E-state index contributed by atoms with van der Waals surface area (Å²) in [6, 6.07) is 10.2. The zero-order valence-electron chi connectivity index (χ0n) is 12.1. The normalized spacial score (nSPS) is 29.4. The Morgan fingerprint density at radius 3 is 2.40 bits per heavy atom. The van der Waals surface area contributed by atoms with Gasteiger partial charge in [0.05, 0.1) is 19.0 Å². The third-order valence-corrected chi connectivity index (χ3v) is 4.41. The van der Waals surface area contributed by atoms with E-state index in [2.05, 4.69) is 39.5 Å². The van der Waals surface area contributed by atoms with Crippen molar-refractivity contribution in [1.82, 2.24) is 0 Å². The van der Waals surface area contributed by atoms with Gasteiger partial charge in [0, 0.05) is 5.92 Å². The van der Waals surface area contributed by atoms with Gasteiger partial charge >= 0.3 is 0 Å². The second kappa shape index (κ2) is 7.49. The van der Waals surface area contributed by atoms with Crippen molar-refractivity contribution in [2.24, 2.45) is 17.8 Å². The molecule has 2 nitrogen and oxygen atoms in total. The lowest BCUT2D eigenvalue weighted by atomic mass is 9.79. The van der Waals surface area contributed by atoms with Gasteiger partial charge in [-0.05, 0) is 17.4 Å². The van der Waals surface area contributed by atoms with Crippen LogP contribution in [0, 0.1) is 17.8 Å². The molecule has 1 aliphatic heterocycles. The van der Waals surface area contributed by atoms with Crippen LogP contribution in [0.25, 0.3) is 0 Å². The highest BCUT2D eigenvalue weighted by molar-refractivity contribution is 5.13. The highest BCUT2D eigenvalue weighted by Crippen LogP contribution is 2.36. The van der Waals surface area contributed by atoms with Gasteiger partial charge in [-0.1, -0.05) is 65.1 Å². The molecule has 0 aromatic heterocycles. The Morgan fingerprint density at radius 2 is 1.75 bits per heavy atom. The van der Waals surface area contributed by atoms with E-state index in [0.717, 1.165) is 5.76 Å². The number of hydrogen-bond donors (Lipinski definition) is 0. The predicted molar refractivity (Wildman–Crippen MR) is 84.3 cm³/mol. The monoisotopic (exact) mass is 276 g/mol. The van der Waals surface area contributed by atoms with Gasteiger partial charge in [-0.25, -0.2) is 0 Å². The summed E-state index contributed by atoms with van der Waals surface area (Å²) in [5.41, 5.74) is 1.20. The van der Waals surface area contributed by atoms with Gasteiger partial charge in [-0.3, -0.25) is 0 Å². The molecule has 0 radical (unpaired) electrons. The molecule has 0 bridgehead atoms. The molecular formula is C18H28O2. The molecule has 2 unspecified atom stereocenters. The first-order chi connectivity index (χ1) is 9.09. The maximum atomic E-state index is 5.90. The zero-order valence-corrected chi connectivity index (χ0v) is 12.1. The van der Waals surface area contributed by atoms with Crippen molar-refractivity contribution in [2.75, 3.05) is 6.61 Å². The van der Waals surface area contributed by atoms with Crippen molar-refractivity contribution in [3.8, 4) is 0 Å². The zero-order chi connectivity index (χ0) is 13.8. The average molecular weight is 276 g/mol. The summed E-state index contributed by atoms with van der Waals surface area (Å²) in [5, 5.41) is 0. The molecule has 1 aromatic carbocycles. The van der Waals surface area contributed by atoms with E-state index < -0.39 is 0 Å². The van der Waals surface area contributed by atoms with Crippen molar-refractivity contribution in [2.45, 2.75) is 40.9 Å². The van der Waals surface area contributed by atoms with Crippen LogP contribution in [0.1, 0.15) is 33.8 Å². The van der Waals surface area contributed by atoms with E-state index in [4.69, 9.17) is 9.47 Å². The average Bonchev–Trinajstić information content (AvgIpc) is 2.43. The quantitative estimate of drug-likeness (QED) is 0.796. The molecule has 1 aliphatic rings. The van der Waals surface area contributed by atoms with Crippen LogP contribution in [-0.2, 0) is 16.1 Å². The molecule has 1 saturated heterocycles. The molecule has 0 aliphatic carbocycles. The van der Waals surface area contributed by atoms with E-state index >= 15 is 0 Å². The van der Waals surface area contributed by atoms with E-state index in [-0.39, 0.29) is 13.5 Å². The molecule has 0 spiro atoms. The van der Waals surface area contributed by atoms with Crippen molar-refractivity contribution in [1.29, 1.82) is 0 Å². The van der Waals surface area contributed by atoms with Gasteiger partial charge in [0.25, 0.3) is 0 Å². The Labute approximate surface area is 123 Å². The van der Waals surface area contributed by atoms with E-state index in [1.807, 2.05) is 18.2 Å². The van der Waals surface area contributed by atoms with Gasteiger partial charge in [0.1, 0.15) is 6.10 Å². The van der Waals surface area contributed by atoms with E-state index in [9.17, 15) is 0 Å². The Balaban J connectivity index is 0.00000200. The molecule has 2 heteroatoms. The number of hydrogen-bond acceptors (Lipinski definition) is 2. The van der Waals surface area contributed by atoms with Gasteiger partial charge in [0.15, 0.2) is 0 Å². The topological polar surface area (TPSA) is 18.5 Å². The fourth-order valence-electron chi connectivity index (χ4n) is 2.55. The van der Waals surface area contributed by atoms with E-state index in [1.165, 1.54) is 5.56 Å². The fourth-order valence-corrected chi connectivity index (χ4v) is 2.55. The summed E-state index contributed by atoms with van der Waals surface area (Å²) in [6.07, 6.45) is 0.127. The number of rotatable bonds is 4. The van der Waals surface area contributed by atoms with Crippen LogP contribution >= 0.6 is 0 Å². The Morgan fingerprint density at radius 1 is 1.10 bits per heavy atom. The van der Waals surface area contributed by atoms with Gasteiger partial charge in [0.2, 0.25) is 0 Å². The van der Waals surface area contributed by atoms with Crippen molar-refractivity contribution >= 4 is 0 Å². The van der Waals surface area contributed by atoms with Crippen LogP contribution in [-0.4, -0.2) is 12.7 Å². The Hall–Kier alpha value is -1.28. The molecule has 1 heterocycles. The first-order valence-corrected chi connectivity index (χ1v) is 7.06. The fraction of sp³-hybridized carbons (Fsp3) is 0.556. The summed E-state index contributed by atoms with van der Waals surface area (Å²) in [6.45, 7) is 12.0. The summed E-state index contributed by atoms with van der Waals surface area (Å²) >= 11 is 0. The van der Waals surface area contributed by atoms with Crippen LogP contribution in [0.3, 0.4) is 0 Å². The third kappa shape index (κ3) is 3.86. The lowest BCUT2D eigenvalue weighted by Crippen LogP contribution is -2.39. The second-order valence-electron chi connectivity index (χ2n) is 5.63. The van der Waals surface area contributed by atoms with Gasteiger partial charge in [-0.2, -0.15) is 0 Å². The van der Waals surface area contributed by atoms with Crippen LogP contribution in [0.4, 0.5) is 0 Å². The maximum absolute atomic E-state index is 5.90. The summed E-state index contributed by atoms with van der Waals surface area (Å²) in [7, 11) is 0.